The molecule has 0 aliphatic heterocycles. The Labute approximate surface area is 178 Å². The zero-order valence-electron chi connectivity index (χ0n) is 18.5. The minimum atomic E-state index is -0.0731. The van der Waals surface area contributed by atoms with Gasteiger partial charge in [0, 0.05) is 6.61 Å². The number of allylic oxidation sites excluding steroid dienone is 4. The Hall–Kier alpha value is -1.74. The Balaban J connectivity index is 1.82. The highest BCUT2D eigenvalue weighted by Crippen LogP contribution is 2.24. The third-order valence-electron chi connectivity index (χ3n) is 5.06. The van der Waals surface area contributed by atoms with Gasteiger partial charge >= 0.3 is 0 Å². The highest BCUT2D eigenvalue weighted by Gasteiger charge is 2.00. The third kappa shape index (κ3) is 14.9. The number of benzene rings is 1. The number of unbranched alkanes of at least 4 members (excludes halogenated alkanes) is 9. The summed E-state index contributed by atoms with van der Waals surface area (Å²) in [6, 6.07) is 4.94. The Kier molecular flexibility index (Phi) is 16.0. The first-order valence-electron chi connectivity index (χ1n) is 11.6. The van der Waals surface area contributed by atoms with Gasteiger partial charge in [0.1, 0.15) is 0 Å². The van der Waals surface area contributed by atoms with Gasteiger partial charge < -0.3 is 14.9 Å². The fourth-order valence-electron chi connectivity index (χ4n) is 3.21. The lowest BCUT2D eigenvalue weighted by Gasteiger charge is -2.06. The third-order valence-corrected chi connectivity index (χ3v) is 5.06. The van der Waals surface area contributed by atoms with E-state index in [-0.39, 0.29) is 11.5 Å². The summed E-state index contributed by atoms with van der Waals surface area (Å²) in [6.07, 6.45) is 25.1. The summed E-state index contributed by atoms with van der Waals surface area (Å²) >= 11 is 0. The van der Waals surface area contributed by atoms with Crippen LogP contribution in [-0.4, -0.2) is 23.4 Å². The predicted octanol–water partition coefficient (Wildman–Crippen LogP) is 7.47. The first kappa shape index (κ1) is 25.3. The fraction of sp³-hybridized carbons (Fsp3) is 0.615. The van der Waals surface area contributed by atoms with E-state index in [9.17, 15) is 10.2 Å². The summed E-state index contributed by atoms with van der Waals surface area (Å²) in [6.45, 7) is 3.71. The second-order valence-electron chi connectivity index (χ2n) is 7.77. The number of ether oxygens (including phenoxy) is 1. The van der Waals surface area contributed by atoms with E-state index in [4.69, 9.17) is 4.74 Å². The summed E-state index contributed by atoms with van der Waals surface area (Å²) in [5.74, 6) is -0.136. The van der Waals surface area contributed by atoms with Gasteiger partial charge in [0.05, 0.1) is 6.61 Å². The highest BCUT2D eigenvalue weighted by molar-refractivity contribution is 5.40. The molecular formula is C26H42O3. The molecule has 29 heavy (non-hydrogen) atoms. The van der Waals surface area contributed by atoms with E-state index in [1.165, 1.54) is 70.3 Å². The van der Waals surface area contributed by atoms with E-state index in [1.54, 1.807) is 6.07 Å². The van der Waals surface area contributed by atoms with Gasteiger partial charge in [-0.25, -0.2) is 0 Å². The molecule has 0 spiro atoms. The van der Waals surface area contributed by atoms with Crippen LogP contribution in [0.15, 0.2) is 42.5 Å². The molecule has 0 aliphatic carbocycles. The van der Waals surface area contributed by atoms with Crippen molar-refractivity contribution in [3.8, 4) is 11.5 Å². The standard InChI is InChI=1S/C26H42O3/c1-2-3-4-5-6-7-8-9-10-11-12-13-14-15-16-17-21-29-22-20-24-18-19-25(27)26(28)23-24/h6-7,9-10,18-19,23,27-28H,2-5,8,11-17,20-22H2,1H3/b7-6+,10-9+. The van der Waals surface area contributed by atoms with Crippen LogP contribution in [-0.2, 0) is 11.2 Å². The minimum Gasteiger partial charge on any atom is -0.504 e. The smallest absolute Gasteiger partial charge is 0.157 e. The number of phenols is 2. The summed E-state index contributed by atoms with van der Waals surface area (Å²) < 4.78 is 5.67. The number of hydrogen-bond donors (Lipinski definition) is 2. The average Bonchev–Trinajstić information content (AvgIpc) is 2.72. The van der Waals surface area contributed by atoms with E-state index in [0.29, 0.717) is 6.61 Å². The largest absolute Gasteiger partial charge is 0.504 e. The normalized spacial score (nSPS) is 11.8. The lowest BCUT2D eigenvalue weighted by molar-refractivity contribution is 0.132. The van der Waals surface area contributed by atoms with Crippen LogP contribution < -0.4 is 0 Å². The van der Waals surface area contributed by atoms with Crippen LogP contribution in [0.4, 0.5) is 0 Å². The van der Waals surface area contributed by atoms with E-state index < -0.39 is 0 Å². The topological polar surface area (TPSA) is 49.7 Å². The molecule has 0 radical (unpaired) electrons. The van der Waals surface area contributed by atoms with Crippen LogP contribution in [0.25, 0.3) is 0 Å². The average molecular weight is 403 g/mol. The maximum Gasteiger partial charge on any atom is 0.157 e. The van der Waals surface area contributed by atoms with Gasteiger partial charge in [0.15, 0.2) is 11.5 Å². The van der Waals surface area contributed by atoms with E-state index in [0.717, 1.165) is 31.4 Å². The zero-order valence-corrected chi connectivity index (χ0v) is 18.5. The molecule has 0 heterocycles. The quantitative estimate of drug-likeness (QED) is 0.152. The van der Waals surface area contributed by atoms with Gasteiger partial charge in [-0.05, 0) is 62.6 Å². The molecule has 164 valence electrons. The van der Waals surface area contributed by atoms with Crippen LogP contribution in [0.2, 0.25) is 0 Å². The number of rotatable bonds is 18. The summed E-state index contributed by atoms with van der Waals surface area (Å²) in [5, 5.41) is 18.8. The number of hydrogen-bond acceptors (Lipinski definition) is 3. The van der Waals surface area contributed by atoms with Crippen molar-refractivity contribution >= 4 is 0 Å². The molecule has 0 aliphatic rings. The molecule has 1 aromatic rings. The van der Waals surface area contributed by atoms with Gasteiger partial charge in [-0.1, -0.05) is 75.8 Å². The van der Waals surface area contributed by atoms with Crippen molar-refractivity contribution in [1.29, 1.82) is 0 Å². The fourth-order valence-corrected chi connectivity index (χ4v) is 3.21. The minimum absolute atomic E-state index is 0.0624. The van der Waals surface area contributed by atoms with Crippen molar-refractivity contribution in [2.24, 2.45) is 0 Å². The molecule has 0 bridgehead atoms. The Bertz CT molecular complexity index is 563. The molecule has 0 atom stereocenters. The molecule has 2 N–H and O–H groups in total. The summed E-state index contributed by atoms with van der Waals surface area (Å²) in [5.41, 5.74) is 0.984. The molecule has 3 nitrogen and oxygen atoms in total. The lowest BCUT2D eigenvalue weighted by Crippen LogP contribution is -2.00. The van der Waals surface area contributed by atoms with Crippen molar-refractivity contribution in [3.05, 3.63) is 48.1 Å². The van der Waals surface area contributed by atoms with Crippen LogP contribution in [0.5, 0.6) is 11.5 Å². The Morgan fingerprint density at radius 3 is 2.07 bits per heavy atom. The maximum atomic E-state index is 9.46. The first-order valence-corrected chi connectivity index (χ1v) is 11.6. The lowest BCUT2D eigenvalue weighted by atomic mass is 10.1. The monoisotopic (exact) mass is 402 g/mol. The second-order valence-corrected chi connectivity index (χ2v) is 7.77. The molecule has 0 aromatic heterocycles. The molecule has 0 saturated carbocycles. The van der Waals surface area contributed by atoms with Gasteiger partial charge in [0.25, 0.3) is 0 Å². The maximum absolute atomic E-state index is 9.46. The van der Waals surface area contributed by atoms with Gasteiger partial charge in [-0.3, -0.25) is 0 Å². The van der Waals surface area contributed by atoms with Crippen molar-refractivity contribution in [2.75, 3.05) is 13.2 Å². The highest BCUT2D eigenvalue weighted by atomic mass is 16.5. The van der Waals surface area contributed by atoms with Gasteiger partial charge in [0.2, 0.25) is 0 Å². The van der Waals surface area contributed by atoms with Crippen LogP contribution in [0.3, 0.4) is 0 Å². The van der Waals surface area contributed by atoms with Crippen LogP contribution in [0.1, 0.15) is 89.5 Å². The Morgan fingerprint density at radius 2 is 1.38 bits per heavy atom. The molecule has 1 rings (SSSR count). The predicted molar refractivity (Wildman–Crippen MR) is 124 cm³/mol. The summed E-state index contributed by atoms with van der Waals surface area (Å²) in [4.78, 5) is 0. The van der Waals surface area contributed by atoms with E-state index in [2.05, 4.69) is 31.2 Å². The van der Waals surface area contributed by atoms with Crippen molar-refractivity contribution in [2.45, 2.75) is 90.4 Å². The van der Waals surface area contributed by atoms with Crippen molar-refractivity contribution in [3.63, 3.8) is 0 Å². The molecule has 1 aromatic carbocycles. The molecule has 0 saturated heterocycles. The molecule has 0 fully saturated rings. The Morgan fingerprint density at radius 1 is 0.724 bits per heavy atom. The van der Waals surface area contributed by atoms with Crippen LogP contribution in [0, 0.1) is 0 Å². The van der Waals surface area contributed by atoms with Crippen LogP contribution >= 0.6 is 0 Å². The van der Waals surface area contributed by atoms with Gasteiger partial charge in [-0.15, -0.1) is 0 Å². The van der Waals surface area contributed by atoms with Gasteiger partial charge in [-0.2, -0.15) is 0 Å². The second kappa shape index (κ2) is 18.3. The zero-order chi connectivity index (χ0) is 21.0. The molecule has 0 unspecified atom stereocenters. The first-order chi connectivity index (χ1) is 14.2. The van der Waals surface area contributed by atoms with Crippen molar-refractivity contribution in [1.82, 2.24) is 0 Å². The molecular weight excluding hydrogens is 360 g/mol. The van der Waals surface area contributed by atoms with Crippen molar-refractivity contribution < 1.29 is 14.9 Å². The molecule has 0 amide bonds. The van der Waals surface area contributed by atoms with E-state index >= 15 is 0 Å². The summed E-state index contributed by atoms with van der Waals surface area (Å²) in [7, 11) is 0. The number of aromatic hydroxyl groups is 2. The SMILES string of the molecule is CCCCC/C=C/C/C=C/CCCCCCCCOCCc1ccc(O)c(O)c1. The molecule has 3 heteroatoms. The number of phenolic OH excluding ortho intramolecular Hbond substituents is 2. The van der Waals surface area contributed by atoms with E-state index in [1.807, 2.05) is 6.07 Å².